The van der Waals surface area contributed by atoms with Crippen LogP contribution in [0, 0.1) is 0 Å². The Morgan fingerprint density at radius 1 is 0.510 bits per heavy atom. The van der Waals surface area contributed by atoms with Gasteiger partial charge in [0.15, 0.2) is 0 Å². The molecule has 0 aliphatic carbocycles. The summed E-state index contributed by atoms with van der Waals surface area (Å²) < 4.78 is 2.61. The molecule has 1 aliphatic rings. The van der Waals surface area contributed by atoms with Crippen molar-refractivity contribution in [2.45, 2.75) is 19.3 Å². The molecule has 0 spiro atoms. The summed E-state index contributed by atoms with van der Waals surface area (Å²) in [6.45, 7) is 4.67. The van der Waals surface area contributed by atoms with Gasteiger partial charge in [0.05, 0.1) is 22.6 Å². The van der Waals surface area contributed by atoms with E-state index < -0.39 is 0 Å². The third-order valence-corrected chi connectivity index (χ3v) is 11.6. The average Bonchev–Trinajstić information content (AvgIpc) is 3.55. The summed E-state index contributed by atoms with van der Waals surface area (Å²) in [6, 6.07) is 57.4. The molecule has 1 aliphatic heterocycles. The van der Waals surface area contributed by atoms with E-state index in [9.17, 15) is 0 Å². The molecule has 2 nitrogen and oxygen atoms in total. The first-order valence-electron chi connectivity index (χ1n) is 16.9. The van der Waals surface area contributed by atoms with Crippen LogP contribution < -0.4 is 4.90 Å². The van der Waals surface area contributed by atoms with Gasteiger partial charge in [0, 0.05) is 53.0 Å². The van der Waals surface area contributed by atoms with E-state index in [-0.39, 0.29) is 5.41 Å². The minimum absolute atomic E-state index is 0.0755. The lowest BCUT2D eigenvalue weighted by Crippen LogP contribution is -2.30. The molecule has 0 bridgehead atoms. The largest absolute Gasteiger partial charge is 0.310 e. The van der Waals surface area contributed by atoms with E-state index in [4.69, 9.17) is 4.98 Å². The molecule has 0 saturated heterocycles. The number of hydrogen-bond donors (Lipinski definition) is 0. The third-order valence-electron chi connectivity index (χ3n) is 10.4. The molecule has 0 atom stereocenters. The zero-order chi connectivity index (χ0) is 32.7. The highest BCUT2D eigenvalue weighted by Crippen LogP contribution is 2.52. The highest BCUT2D eigenvalue weighted by Gasteiger charge is 2.36. The third kappa shape index (κ3) is 4.16. The molecule has 3 heteroatoms. The van der Waals surface area contributed by atoms with Gasteiger partial charge in [-0.05, 0) is 58.7 Å². The van der Waals surface area contributed by atoms with Crippen molar-refractivity contribution in [2.24, 2.45) is 0 Å². The van der Waals surface area contributed by atoms with Gasteiger partial charge in [-0.25, -0.2) is 4.98 Å². The Bertz CT molecular complexity index is 2690. The number of thiophene rings is 1. The number of hydrogen-bond acceptors (Lipinski definition) is 3. The lowest BCUT2D eigenvalue weighted by Gasteiger charge is -2.42. The van der Waals surface area contributed by atoms with Crippen molar-refractivity contribution in [2.75, 3.05) is 4.90 Å². The van der Waals surface area contributed by atoms with Crippen LogP contribution in [0.4, 0.5) is 17.1 Å². The van der Waals surface area contributed by atoms with Crippen LogP contribution in [-0.4, -0.2) is 4.98 Å². The SMILES string of the molecule is CC1(C)c2ccccc2N(c2ccc(-c3cccc4c3sc3ccc5c(-c6ccccc6)nc6ccccc6c5c34)cc2)c2ccccc21. The van der Waals surface area contributed by atoms with Gasteiger partial charge in [0.1, 0.15) is 0 Å². The Hall–Kier alpha value is -5.77. The maximum absolute atomic E-state index is 5.19. The smallest absolute Gasteiger partial charge is 0.0788 e. The van der Waals surface area contributed by atoms with E-state index in [1.165, 1.54) is 75.6 Å². The van der Waals surface area contributed by atoms with E-state index in [1.807, 2.05) is 11.3 Å². The lowest BCUT2D eigenvalue weighted by molar-refractivity contribution is 0.632. The summed E-state index contributed by atoms with van der Waals surface area (Å²) in [5.41, 5.74) is 12.0. The first kappa shape index (κ1) is 28.3. The van der Waals surface area contributed by atoms with Crippen LogP contribution >= 0.6 is 11.3 Å². The van der Waals surface area contributed by atoms with Crippen molar-refractivity contribution in [3.63, 3.8) is 0 Å². The topological polar surface area (TPSA) is 16.1 Å². The van der Waals surface area contributed by atoms with Crippen LogP contribution in [0.2, 0.25) is 0 Å². The van der Waals surface area contributed by atoms with Gasteiger partial charge in [-0.2, -0.15) is 0 Å². The Morgan fingerprint density at radius 2 is 1.16 bits per heavy atom. The van der Waals surface area contributed by atoms with E-state index in [1.54, 1.807) is 0 Å². The molecule has 9 aromatic rings. The number of para-hydroxylation sites is 3. The highest BCUT2D eigenvalue weighted by molar-refractivity contribution is 7.26. The molecule has 7 aromatic carbocycles. The van der Waals surface area contributed by atoms with Crippen LogP contribution in [0.15, 0.2) is 158 Å². The monoisotopic (exact) mass is 644 g/mol. The summed E-state index contributed by atoms with van der Waals surface area (Å²) in [5, 5.41) is 6.28. The molecule has 0 N–H and O–H groups in total. The number of rotatable bonds is 3. The van der Waals surface area contributed by atoms with Crippen molar-refractivity contribution in [3.05, 3.63) is 169 Å². The molecule has 10 rings (SSSR count). The summed E-state index contributed by atoms with van der Waals surface area (Å²) in [7, 11) is 0. The second kappa shape index (κ2) is 10.6. The van der Waals surface area contributed by atoms with Gasteiger partial charge < -0.3 is 4.90 Å². The molecule has 0 unspecified atom stereocenters. The number of anilines is 3. The standard InChI is InChI=1S/C46H32N2S/c1-46(2)36-18-7-10-21-39(36)48(40-22-11-8-19-37(40)46)31-25-23-29(24-26-31)32-16-12-17-35-43-41(49-45(32)35)28-27-34-42(43)33-15-6-9-20-38(33)47-44(34)30-13-4-3-5-14-30/h3-28H,1-2H3. The van der Waals surface area contributed by atoms with Gasteiger partial charge in [-0.15, -0.1) is 11.3 Å². The van der Waals surface area contributed by atoms with Crippen molar-refractivity contribution in [3.8, 4) is 22.4 Å². The van der Waals surface area contributed by atoms with Crippen molar-refractivity contribution >= 4 is 70.2 Å². The highest BCUT2D eigenvalue weighted by atomic mass is 32.1. The van der Waals surface area contributed by atoms with E-state index in [0.717, 1.165) is 16.8 Å². The van der Waals surface area contributed by atoms with Gasteiger partial charge >= 0.3 is 0 Å². The molecular formula is C46H32N2S. The Balaban J connectivity index is 1.15. The minimum Gasteiger partial charge on any atom is -0.310 e. The predicted molar refractivity (Wildman–Crippen MR) is 210 cm³/mol. The fraction of sp³-hybridized carbons (Fsp3) is 0.0652. The molecule has 0 saturated carbocycles. The predicted octanol–water partition coefficient (Wildman–Crippen LogP) is 13.2. The van der Waals surface area contributed by atoms with E-state index in [2.05, 4.69) is 176 Å². The summed E-state index contributed by atoms with van der Waals surface area (Å²) >= 11 is 1.89. The maximum Gasteiger partial charge on any atom is 0.0788 e. The molecule has 49 heavy (non-hydrogen) atoms. The fourth-order valence-electron chi connectivity index (χ4n) is 8.11. The van der Waals surface area contributed by atoms with Crippen LogP contribution in [0.25, 0.3) is 64.2 Å². The summed E-state index contributed by atoms with van der Waals surface area (Å²) in [4.78, 5) is 7.62. The van der Waals surface area contributed by atoms with Crippen LogP contribution in [0.3, 0.4) is 0 Å². The molecule has 0 fully saturated rings. The number of fused-ring (bicyclic) bond motifs is 9. The first-order valence-corrected chi connectivity index (χ1v) is 17.7. The summed E-state index contributed by atoms with van der Waals surface area (Å²) in [6.07, 6.45) is 0. The Labute approximate surface area is 289 Å². The summed E-state index contributed by atoms with van der Waals surface area (Å²) in [5.74, 6) is 0. The lowest BCUT2D eigenvalue weighted by atomic mass is 9.73. The van der Waals surface area contributed by atoms with Gasteiger partial charge in [-0.3, -0.25) is 0 Å². The van der Waals surface area contributed by atoms with Crippen molar-refractivity contribution in [1.29, 1.82) is 0 Å². The molecule has 2 aromatic heterocycles. The maximum atomic E-state index is 5.19. The molecule has 0 amide bonds. The van der Waals surface area contributed by atoms with Gasteiger partial charge in [0.25, 0.3) is 0 Å². The minimum atomic E-state index is -0.0755. The molecule has 232 valence electrons. The van der Waals surface area contributed by atoms with E-state index >= 15 is 0 Å². The average molecular weight is 645 g/mol. The van der Waals surface area contributed by atoms with Crippen LogP contribution in [-0.2, 0) is 5.41 Å². The number of aromatic nitrogens is 1. The molecule has 3 heterocycles. The van der Waals surface area contributed by atoms with Gasteiger partial charge in [-0.1, -0.05) is 135 Å². The van der Waals surface area contributed by atoms with Gasteiger partial charge in [0.2, 0.25) is 0 Å². The first-order chi connectivity index (χ1) is 24.1. The molecule has 0 radical (unpaired) electrons. The van der Waals surface area contributed by atoms with Crippen LogP contribution in [0.1, 0.15) is 25.0 Å². The second-order valence-corrected chi connectivity index (χ2v) is 14.6. The molecular weight excluding hydrogens is 613 g/mol. The Morgan fingerprint density at radius 3 is 1.92 bits per heavy atom. The second-order valence-electron chi connectivity index (χ2n) is 13.5. The number of nitrogens with zero attached hydrogens (tertiary/aromatic N) is 2. The zero-order valence-corrected chi connectivity index (χ0v) is 28.1. The van der Waals surface area contributed by atoms with Crippen molar-refractivity contribution in [1.82, 2.24) is 4.98 Å². The number of pyridine rings is 1. The van der Waals surface area contributed by atoms with E-state index in [0.29, 0.717) is 0 Å². The van der Waals surface area contributed by atoms with Crippen LogP contribution in [0.5, 0.6) is 0 Å². The normalized spacial score (nSPS) is 13.6. The Kier molecular flexibility index (Phi) is 6.12. The van der Waals surface area contributed by atoms with Crippen molar-refractivity contribution < 1.29 is 0 Å². The quantitative estimate of drug-likeness (QED) is 0.178. The zero-order valence-electron chi connectivity index (χ0n) is 27.3. The number of benzene rings is 7. The fourth-order valence-corrected chi connectivity index (χ4v) is 9.36.